The molecule has 3 heterocycles. The molecule has 7 nitrogen and oxygen atoms in total. The second-order valence-electron chi connectivity index (χ2n) is 6.96. The second-order valence-corrected chi connectivity index (χ2v) is 6.96. The van der Waals surface area contributed by atoms with Gasteiger partial charge >= 0.3 is 0 Å². The first kappa shape index (κ1) is 17.2. The number of fused-ring (bicyclic) bond motifs is 2. The lowest BCUT2D eigenvalue weighted by Crippen LogP contribution is -2.25. The van der Waals surface area contributed by atoms with Crippen LogP contribution < -0.4 is 11.0 Å². The van der Waals surface area contributed by atoms with Crippen molar-refractivity contribution in [2.75, 3.05) is 0 Å². The van der Waals surface area contributed by atoms with Crippen LogP contribution in [0.4, 0.5) is 0 Å². The van der Waals surface area contributed by atoms with Crippen LogP contribution in [0.15, 0.2) is 74.0 Å². The lowest BCUT2D eigenvalue weighted by atomic mass is 9.99. The van der Waals surface area contributed by atoms with Crippen molar-refractivity contribution in [3.8, 4) is 5.75 Å². The molecule has 1 unspecified atom stereocenters. The predicted octanol–water partition coefficient (Wildman–Crippen LogP) is 3.22. The van der Waals surface area contributed by atoms with Crippen LogP contribution in [0, 0.1) is 0 Å². The van der Waals surface area contributed by atoms with E-state index < -0.39 is 6.10 Å². The number of aromatic hydroxyl groups is 1. The van der Waals surface area contributed by atoms with Crippen LogP contribution >= 0.6 is 0 Å². The van der Waals surface area contributed by atoms with E-state index in [4.69, 9.17) is 9.25 Å². The van der Waals surface area contributed by atoms with Gasteiger partial charge in [0.05, 0.1) is 16.5 Å². The molecule has 4 aromatic rings. The Morgan fingerprint density at radius 2 is 1.79 bits per heavy atom. The largest absolute Gasteiger partial charge is 0.506 e. The highest BCUT2D eigenvalue weighted by Crippen LogP contribution is 2.33. The summed E-state index contributed by atoms with van der Waals surface area (Å²) in [5.74, 6) is -0.141. The van der Waals surface area contributed by atoms with Crippen molar-refractivity contribution in [1.82, 2.24) is 4.57 Å². The molecule has 2 aromatic carbocycles. The molecule has 5 rings (SSSR count). The molecule has 0 spiro atoms. The van der Waals surface area contributed by atoms with Crippen LogP contribution in [0.5, 0.6) is 5.75 Å². The molecular formula is C22H16N2O5. The van der Waals surface area contributed by atoms with Gasteiger partial charge in [-0.1, -0.05) is 29.4 Å². The average Bonchev–Trinajstić information content (AvgIpc) is 3.22. The van der Waals surface area contributed by atoms with Gasteiger partial charge in [0.1, 0.15) is 28.9 Å². The van der Waals surface area contributed by atoms with E-state index in [1.54, 1.807) is 55.6 Å². The Bertz CT molecular complexity index is 1430. The smallest absolute Gasteiger partial charge is 0.263 e. The van der Waals surface area contributed by atoms with E-state index in [1.165, 1.54) is 10.8 Å². The summed E-state index contributed by atoms with van der Waals surface area (Å²) in [5, 5.41) is 15.7. The van der Waals surface area contributed by atoms with Gasteiger partial charge in [0, 0.05) is 18.9 Å². The molecule has 0 aliphatic carbocycles. The first-order valence-corrected chi connectivity index (χ1v) is 9.10. The van der Waals surface area contributed by atoms with Crippen molar-refractivity contribution >= 4 is 27.6 Å². The third kappa shape index (κ3) is 2.55. The third-order valence-corrected chi connectivity index (χ3v) is 5.29. The Kier molecular flexibility index (Phi) is 3.77. The number of aromatic nitrogens is 1. The average molecular weight is 388 g/mol. The molecule has 0 saturated heterocycles. The van der Waals surface area contributed by atoms with Crippen LogP contribution in [0.3, 0.4) is 0 Å². The van der Waals surface area contributed by atoms with Gasteiger partial charge in [-0.3, -0.25) is 9.59 Å². The summed E-state index contributed by atoms with van der Waals surface area (Å²) < 4.78 is 7.02. The predicted molar refractivity (Wildman–Crippen MR) is 108 cm³/mol. The van der Waals surface area contributed by atoms with Gasteiger partial charge in [0.25, 0.3) is 5.56 Å². The number of hydrogen-bond donors (Lipinski definition) is 1. The Labute approximate surface area is 164 Å². The van der Waals surface area contributed by atoms with Crippen LogP contribution in [0.25, 0.3) is 21.9 Å². The molecule has 0 saturated carbocycles. The Morgan fingerprint density at radius 3 is 2.62 bits per heavy atom. The number of rotatable bonds is 2. The summed E-state index contributed by atoms with van der Waals surface area (Å²) in [4.78, 5) is 31.1. The second kappa shape index (κ2) is 6.34. The molecule has 2 aromatic heterocycles. The maximum absolute atomic E-state index is 12.9. The standard InChI is InChI=1S/C22H16N2O5/c1-24-16-8-4-2-6-12(16)21(26)19(22(24)27)15-10-18(29-23-15)14-11-28-17-9-5-3-7-13(17)20(14)25/h2-9,11,18,26H,10H2,1H3. The SMILES string of the molecule is Cn1c(=O)c(C2=NOC(c3coc4ccccc4c3=O)C2)c(O)c2ccccc21. The Hall–Kier alpha value is -3.87. The summed E-state index contributed by atoms with van der Waals surface area (Å²) in [5.41, 5.74) is 1.22. The van der Waals surface area contributed by atoms with Gasteiger partial charge in [-0.2, -0.15) is 0 Å². The van der Waals surface area contributed by atoms with E-state index in [0.29, 0.717) is 33.1 Å². The topological polar surface area (TPSA) is 94.0 Å². The van der Waals surface area contributed by atoms with Gasteiger partial charge in [0.15, 0.2) is 11.5 Å². The monoisotopic (exact) mass is 388 g/mol. The number of hydrogen-bond acceptors (Lipinski definition) is 6. The van der Waals surface area contributed by atoms with Gasteiger partial charge in [-0.05, 0) is 24.3 Å². The van der Waals surface area contributed by atoms with Gasteiger partial charge in [-0.15, -0.1) is 0 Å². The summed E-state index contributed by atoms with van der Waals surface area (Å²) in [7, 11) is 1.64. The van der Waals surface area contributed by atoms with Crippen molar-refractivity contribution in [2.45, 2.75) is 12.5 Å². The number of oxime groups is 1. The maximum Gasteiger partial charge on any atom is 0.263 e. The lowest BCUT2D eigenvalue weighted by molar-refractivity contribution is 0.0838. The normalized spacial score (nSPS) is 16.2. The molecule has 1 atom stereocenters. The van der Waals surface area contributed by atoms with Crippen LogP contribution in [-0.2, 0) is 11.9 Å². The quantitative estimate of drug-likeness (QED) is 0.569. The van der Waals surface area contributed by atoms with E-state index in [9.17, 15) is 14.7 Å². The summed E-state index contributed by atoms with van der Waals surface area (Å²) in [6.45, 7) is 0. The zero-order valence-electron chi connectivity index (χ0n) is 15.5. The van der Waals surface area contributed by atoms with Crippen molar-refractivity contribution in [1.29, 1.82) is 0 Å². The molecule has 144 valence electrons. The van der Waals surface area contributed by atoms with E-state index >= 15 is 0 Å². The number of nitrogens with zero attached hydrogens (tertiary/aromatic N) is 2. The minimum atomic E-state index is -0.693. The van der Waals surface area contributed by atoms with Crippen molar-refractivity contribution in [3.63, 3.8) is 0 Å². The lowest BCUT2D eigenvalue weighted by Gasteiger charge is -2.11. The first-order chi connectivity index (χ1) is 14.1. The number of aryl methyl sites for hydroxylation is 1. The van der Waals surface area contributed by atoms with Crippen LogP contribution in [-0.4, -0.2) is 15.4 Å². The number of pyridine rings is 1. The minimum Gasteiger partial charge on any atom is -0.506 e. The highest BCUT2D eigenvalue weighted by molar-refractivity contribution is 6.07. The maximum atomic E-state index is 12.9. The van der Waals surface area contributed by atoms with E-state index in [2.05, 4.69) is 5.16 Å². The molecule has 0 bridgehead atoms. The fourth-order valence-electron chi connectivity index (χ4n) is 3.75. The molecule has 0 radical (unpaired) electrons. The van der Waals surface area contributed by atoms with Crippen molar-refractivity contribution in [3.05, 3.63) is 86.5 Å². The Balaban J connectivity index is 1.58. The van der Waals surface area contributed by atoms with Crippen LogP contribution in [0.2, 0.25) is 0 Å². The van der Waals surface area contributed by atoms with Gasteiger partial charge < -0.3 is 18.9 Å². The third-order valence-electron chi connectivity index (χ3n) is 5.29. The number of para-hydroxylation sites is 2. The molecule has 1 N–H and O–H groups in total. The van der Waals surface area contributed by atoms with Gasteiger partial charge in [-0.25, -0.2) is 0 Å². The molecule has 1 aliphatic heterocycles. The molecule has 29 heavy (non-hydrogen) atoms. The highest BCUT2D eigenvalue weighted by atomic mass is 16.6. The minimum absolute atomic E-state index is 0.0823. The van der Waals surface area contributed by atoms with E-state index in [0.717, 1.165) is 0 Å². The molecule has 7 heteroatoms. The number of benzene rings is 2. The molecule has 0 amide bonds. The van der Waals surface area contributed by atoms with Crippen molar-refractivity contribution in [2.24, 2.45) is 12.2 Å². The summed E-state index contributed by atoms with van der Waals surface area (Å²) in [6, 6.07) is 14.0. The Morgan fingerprint density at radius 1 is 1.07 bits per heavy atom. The first-order valence-electron chi connectivity index (χ1n) is 9.10. The molecule has 1 aliphatic rings. The summed E-state index contributed by atoms with van der Waals surface area (Å²) >= 11 is 0. The van der Waals surface area contributed by atoms with E-state index in [1.807, 2.05) is 0 Å². The van der Waals surface area contributed by atoms with Crippen molar-refractivity contribution < 1.29 is 14.4 Å². The highest BCUT2D eigenvalue weighted by Gasteiger charge is 2.31. The molecular weight excluding hydrogens is 372 g/mol. The zero-order valence-corrected chi connectivity index (χ0v) is 15.5. The van der Waals surface area contributed by atoms with E-state index in [-0.39, 0.29) is 28.7 Å². The van der Waals surface area contributed by atoms with Gasteiger partial charge in [0.2, 0.25) is 0 Å². The van der Waals surface area contributed by atoms with Crippen LogP contribution in [0.1, 0.15) is 23.7 Å². The summed E-state index contributed by atoms with van der Waals surface area (Å²) in [6.07, 6.45) is 0.845. The molecule has 0 fully saturated rings. The zero-order chi connectivity index (χ0) is 20.1. The fourth-order valence-corrected chi connectivity index (χ4v) is 3.75. The fraction of sp³-hybridized carbons (Fsp3) is 0.136.